The molecule has 0 fully saturated rings. The van der Waals surface area contributed by atoms with Crippen molar-refractivity contribution in [3.05, 3.63) is 105 Å². The van der Waals surface area contributed by atoms with E-state index >= 15 is 0 Å². The third-order valence-corrected chi connectivity index (χ3v) is 7.21. The number of nitrogens with one attached hydrogen (secondary N) is 2. The Balaban J connectivity index is 0.000000317. The normalized spacial score (nSPS) is 9.42. The maximum Gasteiger partial charge on any atom is 0.325 e. The van der Waals surface area contributed by atoms with E-state index in [9.17, 15) is 19.2 Å². The first-order chi connectivity index (χ1) is 26.4. The summed E-state index contributed by atoms with van der Waals surface area (Å²) in [6.07, 6.45) is 7.91. The molecule has 55 heavy (non-hydrogen) atoms. The summed E-state index contributed by atoms with van der Waals surface area (Å²) in [4.78, 5) is 53.7. The van der Waals surface area contributed by atoms with Crippen LogP contribution in [0.3, 0.4) is 0 Å². The molecule has 14 nitrogen and oxygen atoms in total. The van der Waals surface area contributed by atoms with Gasteiger partial charge in [0.15, 0.2) is 22.9 Å². The average molecular weight is 859 g/mol. The Morgan fingerprint density at radius 1 is 0.709 bits per heavy atom. The number of ether oxygens (including phenoxy) is 6. The fraction of sp³-hybridized carbons (Fsp3) is 0.211. The van der Waals surface area contributed by atoms with Gasteiger partial charge in [-0.3, -0.25) is 19.2 Å². The van der Waals surface area contributed by atoms with Gasteiger partial charge in [-0.1, -0.05) is 41.0 Å². The Morgan fingerprint density at radius 3 is 1.62 bits per heavy atom. The van der Waals surface area contributed by atoms with Crippen LogP contribution in [0, 0.1) is 24.2 Å². The number of methoxy groups -OCH3 is 4. The second-order valence-electron chi connectivity index (χ2n) is 9.99. The van der Waals surface area contributed by atoms with Crippen molar-refractivity contribution >= 4 is 62.9 Å². The number of hydrogen-bond donors (Lipinski definition) is 2. The molecule has 2 amide bonds. The van der Waals surface area contributed by atoms with Crippen molar-refractivity contribution in [3.8, 4) is 47.2 Å². The van der Waals surface area contributed by atoms with Crippen LogP contribution in [-0.2, 0) is 19.1 Å². The van der Waals surface area contributed by atoms with Crippen molar-refractivity contribution in [3.63, 3.8) is 0 Å². The molecule has 288 valence electrons. The molecular weight excluding hydrogens is 823 g/mol. The van der Waals surface area contributed by atoms with Gasteiger partial charge >= 0.3 is 11.9 Å². The monoisotopic (exact) mass is 856 g/mol. The molecule has 0 bridgehead atoms. The first-order valence-corrected chi connectivity index (χ1v) is 17.1. The molecule has 4 rings (SSSR count). The lowest BCUT2D eigenvalue weighted by Gasteiger charge is -2.08. The number of carbonyl (C=O) groups is 4. The number of amides is 2. The van der Waals surface area contributed by atoms with Gasteiger partial charge < -0.3 is 39.1 Å². The van der Waals surface area contributed by atoms with E-state index in [4.69, 9.17) is 48.6 Å². The van der Waals surface area contributed by atoms with Crippen molar-refractivity contribution < 1.29 is 47.6 Å². The summed E-state index contributed by atoms with van der Waals surface area (Å²) in [6, 6.07) is 17.2. The fourth-order valence-electron chi connectivity index (χ4n) is 3.65. The van der Waals surface area contributed by atoms with E-state index in [0.29, 0.717) is 38.2 Å². The molecule has 0 saturated heterocycles. The maximum atomic E-state index is 12.1. The van der Waals surface area contributed by atoms with Crippen LogP contribution in [0.15, 0.2) is 77.5 Å². The Labute approximate surface area is 336 Å². The SMILES string of the molecule is C#CCOc1ccc(Cl)cc1.COC(=O)CNC(=O)c1ncc(Br)cc1OC.COC(=O)CNC(=O)c1ncc(C#CCOc2ccc(Cl)cc2)cc1OC. The van der Waals surface area contributed by atoms with Gasteiger partial charge in [0.1, 0.15) is 37.8 Å². The Morgan fingerprint density at radius 2 is 1.16 bits per heavy atom. The van der Waals surface area contributed by atoms with E-state index in [-0.39, 0.29) is 36.8 Å². The molecule has 0 aliphatic heterocycles. The number of terminal acetylenes is 1. The van der Waals surface area contributed by atoms with Crippen LogP contribution in [0.4, 0.5) is 0 Å². The minimum atomic E-state index is -0.564. The van der Waals surface area contributed by atoms with Gasteiger partial charge in [0.25, 0.3) is 11.8 Å². The standard InChI is InChI=1S/C19H17ClN2O5.C10H11BrN2O4.C9H7ClO/c1-25-16-10-13(4-3-9-27-15-7-5-14(20)6-8-15)11-21-18(16)19(24)22-12-17(23)26-2;1-16-7-3-6(11)4-12-9(7)10(15)13-5-8(14)17-2;1-2-7-11-9-5-3-8(10)4-6-9/h5-8,10-11H,9,12H2,1-2H3,(H,22,24);3-4H,5H2,1-2H3,(H,13,15);1,3-6H,7H2. The molecule has 0 aliphatic rings. The van der Waals surface area contributed by atoms with Crippen LogP contribution >= 0.6 is 39.1 Å². The van der Waals surface area contributed by atoms with Gasteiger partial charge in [-0.25, -0.2) is 9.97 Å². The van der Waals surface area contributed by atoms with Gasteiger partial charge in [-0.2, -0.15) is 0 Å². The zero-order chi connectivity index (χ0) is 40.6. The zero-order valence-electron chi connectivity index (χ0n) is 29.9. The summed E-state index contributed by atoms with van der Waals surface area (Å²) in [5.74, 6) is 7.91. The Hall–Kier alpha value is -6.00. The molecule has 0 spiro atoms. The van der Waals surface area contributed by atoms with Crippen LogP contribution in [0.2, 0.25) is 10.0 Å². The number of carbonyl (C=O) groups excluding carboxylic acids is 4. The minimum Gasteiger partial charge on any atom is -0.494 e. The summed E-state index contributed by atoms with van der Waals surface area (Å²) in [5.41, 5.74) is 0.708. The molecule has 0 atom stereocenters. The first kappa shape index (κ1) is 45.2. The van der Waals surface area contributed by atoms with E-state index < -0.39 is 23.8 Å². The average Bonchev–Trinajstić information content (AvgIpc) is 3.21. The number of halogens is 3. The highest BCUT2D eigenvalue weighted by molar-refractivity contribution is 9.10. The van der Waals surface area contributed by atoms with Crippen LogP contribution < -0.4 is 29.6 Å². The third-order valence-electron chi connectivity index (χ3n) is 6.28. The molecule has 17 heteroatoms. The molecule has 2 aromatic carbocycles. The van der Waals surface area contributed by atoms with Gasteiger partial charge in [0.05, 0.1) is 28.4 Å². The highest BCUT2D eigenvalue weighted by atomic mass is 79.9. The summed E-state index contributed by atoms with van der Waals surface area (Å²) >= 11 is 14.7. The Kier molecular flexibility index (Phi) is 20.6. The van der Waals surface area contributed by atoms with Gasteiger partial charge in [-0.15, -0.1) is 6.42 Å². The quantitative estimate of drug-likeness (QED) is 0.141. The maximum absolute atomic E-state index is 12.1. The van der Waals surface area contributed by atoms with E-state index in [1.807, 2.05) is 0 Å². The molecule has 2 aromatic heterocycles. The van der Waals surface area contributed by atoms with Crippen molar-refractivity contribution in [2.75, 3.05) is 54.7 Å². The van der Waals surface area contributed by atoms with Crippen LogP contribution in [0.1, 0.15) is 26.5 Å². The smallest absolute Gasteiger partial charge is 0.325 e. The van der Waals surface area contributed by atoms with E-state index in [1.54, 1.807) is 60.7 Å². The molecular formula is C38H35BrCl2N4O10. The summed E-state index contributed by atoms with van der Waals surface area (Å²) in [5, 5.41) is 6.09. The molecule has 4 aromatic rings. The molecule has 0 aliphatic carbocycles. The predicted molar refractivity (Wildman–Crippen MR) is 208 cm³/mol. The van der Waals surface area contributed by atoms with Crippen molar-refractivity contribution in [1.29, 1.82) is 0 Å². The first-order valence-electron chi connectivity index (χ1n) is 15.6. The molecule has 0 saturated carbocycles. The molecule has 2 heterocycles. The zero-order valence-corrected chi connectivity index (χ0v) is 33.0. The minimum absolute atomic E-state index is 0.0457. The third kappa shape index (κ3) is 17.1. The molecule has 0 unspecified atom stereocenters. The number of benzene rings is 2. The lowest BCUT2D eigenvalue weighted by Crippen LogP contribution is -2.31. The predicted octanol–water partition coefficient (Wildman–Crippen LogP) is 5.18. The van der Waals surface area contributed by atoms with Crippen LogP contribution in [-0.4, -0.2) is 88.5 Å². The number of pyridine rings is 2. The van der Waals surface area contributed by atoms with Crippen LogP contribution in [0.25, 0.3) is 0 Å². The van der Waals surface area contributed by atoms with E-state index in [0.717, 1.165) is 5.75 Å². The number of rotatable bonds is 12. The number of aromatic nitrogens is 2. The van der Waals surface area contributed by atoms with Crippen molar-refractivity contribution in [2.45, 2.75) is 0 Å². The lowest BCUT2D eigenvalue weighted by molar-refractivity contribution is -0.140. The van der Waals surface area contributed by atoms with E-state index in [1.165, 1.54) is 40.8 Å². The van der Waals surface area contributed by atoms with Gasteiger partial charge in [0, 0.05) is 32.5 Å². The number of esters is 2. The largest absolute Gasteiger partial charge is 0.494 e. The summed E-state index contributed by atoms with van der Waals surface area (Å²) in [7, 11) is 5.32. The van der Waals surface area contributed by atoms with Gasteiger partial charge in [-0.05, 0) is 76.6 Å². The van der Waals surface area contributed by atoms with Gasteiger partial charge in [0.2, 0.25) is 0 Å². The van der Waals surface area contributed by atoms with Crippen molar-refractivity contribution in [2.24, 2.45) is 0 Å². The highest BCUT2D eigenvalue weighted by Gasteiger charge is 2.16. The van der Waals surface area contributed by atoms with Crippen LogP contribution in [0.5, 0.6) is 23.0 Å². The second kappa shape index (κ2) is 25.1. The lowest BCUT2D eigenvalue weighted by atomic mass is 10.2. The van der Waals surface area contributed by atoms with E-state index in [2.05, 4.69) is 63.8 Å². The highest BCUT2D eigenvalue weighted by Crippen LogP contribution is 2.21. The number of nitrogens with zero attached hydrogens (tertiary/aromatic N) is 2. The van der Waals surface area contributed by atoms with Crippen molar-refractivity contribution in [1.82, 2.24) is 20.6 Å². The Bertz CT molecular complexity index is 2000. The molecule has 0 radical (unpaired) electrons. The molecule has 2 N–H and O–H groups in total. The topological polar surface area (TPSA) is 174 Å². The summed E-state index contributed by atoms with van der Waals surface area (Å²) in [6.45, 7) is -0.00700. The fourth-order valence-corrected chi connectivity index (χ4v) is 4.21. The number of hydrogen-bond acceptors (Lipinski definition) is 12. The second-order valence-corrected chi connectivity index (χ2v) is 11.8. The summed E-state index contributed by atoms with van der Waals surface area (Å²) < 4.78 is 30.3.